The molecule has 2 aromatic rings. The number of hydrogen-bond acceptors (Lipinski definition) is 4. The van der Waals surface area contributed by atoms with E-state index in [2.05, 4.69) is 25.7 Å². The van der Waals surface area contributed by atoms with Crippen LogP contribution in [0.5, 0.6) is 11.6 Å². The Morgan fingerprint density at radius 3 is 2.72 bits per heavy atom. The number of rotatable bonds is 3. The molecule has 2 rings (SSSR count). The summed E-state index contributed by atoms with van der Waals surface area (Å²) in [6.45, 7) is 0. The molecule has 1 aromatic carbocycles. The molecule has 92 valence electrons. The Bertz CT molecular complexity index is 557. The van der Waals surface area contributed by atoms with Crippen LogP contribution in [0.15, 0.2) is 47.1 Å². The zero-order chi connectivity index (χ0) is 13.0. The minimum Gasteiger partial charge on any atom is -0.465 e. The van der Waals surface area contributed by atoms with Crippen molar-refractivity contribution in [2.45, 2.75) is 0 Å². The molecule has 0 aliphatic rings. The molecular formula is C13H10BrNO3. The summed E-state index contributed by atoms with van der Waals surface area (Å²) in [5, 5.41) is 0. The average Bonchev–Trinajstić information content (AvgIpc) is 2.39. The molecule has 4 nitrogen and oxygen atoms in total. The number of nitrogens with zero attached hydrogens (tertiary/aromatic N) is 1. The molecule has 0 radical (unpaired) electrons. The molecule has 0 amide bonds. The second-order valence-corrected chi connectivity index (χ2v) is 4.26. The summed E-state index contributed by atoms with van der Waals surface area (Å²) in [5.74, 6) is 0.690. The van der Waals surface area contributed by atoms with Crippen LogP contribution in [-0.2, 0) is 4.74 Å². The molecule has 0 saturated carbocycles. The van der Waals surface area contributed by atoms with Crippen LogP contribution in [-0.4, -0.2) is 18.1 Å². The third-order valence-corrected chi connectivity index (χ3v) is 2.86. The van der Waals surface area contributed by atoms with Gasteiger partial charge in [0, 0.05) is 16.7 Å². The Morgan fingerprint density at radius 2 is 2.11 bits per heavy atom. The van der Waals surface area contributed by atoms with Crippen LogP contribution in [0.4, 0.5) is 0 Å². The first-order valence-corrected chi connectivity index (χ1v) is 5.97. The third kappa shape index (κ3) is 2.87. The number of hydrogen-bond donors (Lipinski definition) is 0. The van der Waals surface area contributed by atoms with Crippen molar-refractivity contribution in [2.75, 3.05) is 7.11 Å². The quantitative estimate of drug-likeness (QED) is 0.815. The fourth-order valence-corrected chi connectivity index (χ4v) is 1.88. The van der Waals surface area contributed by atoms with E-state index in [4.69, 9.17) is 4.74 Å². The van der Waals surface area contributed by atoms with E-state index in [0.717, 1.165) is 0 Å². The molecule has 0 atom stereocenters. The van der Waals surface area contributed by atoms with E-state index in [1.807, 2.05) is 12.1 Å². The largest absolute Gasteiger partial charge is 0.465 e. The van der Waals surface area contributed by atoms with Crippen LogP contribution in [0.25, 0.3) is 0 Å². The first kappa shape index (κ1) is 12.6. The van der Waals surface area contributed by atoms with Crippen LogP contribution in [0, 0.1) is 0 Å². The van der Waals surface area contributed by atoms with Crippen LogP contribution >= 0.6 is 15.9 Å². The van der Waals surface area contributed by atoms with Crippen molar-refractivity contribution < 1.29 is 14.3 Å². The number of methoxy groups -OCH3 is 1. The summed E-state index contributed by atoms with van der Waals surface area (Å²) in [4.78, 5) is 15.4. The molecule has 1 aromatic heterocycles. The molecule has 0 N–H and O–H groups in total. The molecule has 0 saturated heterocycles. The number of ether oxygens (including phenoxy) is 2. The minimum absolute atomic E-state index is 0.397. The highest BCUT2D eigenvalue weighted by Gasteiger charge is 2.11. The smallest absolute Gasteiger partial charge is 0.339 e. The normalized spacial score (nSPS) is 9.89. The number of pyridine rings is 1. The van der Waals surface area contributed by atoms with Gasteiger partial charge in [-0.3, -0.25) is 0 Å². The average molecular weight is 308 g/mol. The van der Waals surface area contributed by atoms with Gasteiger partial charge in [-0.25, -0.2) is 9.78 Å². The molecule has 0 fully saturated rings. The molecule has 18 heavy (non-hydrogen) atoms. The van der Waals surface area contributed by atoms with Crippen molar-refractivity contribution >= 4 is 21.9 Å². The fourth-order valence-electron chi connectivity index (χ4n) is 1.36. The summed E-state index contributed by atoms with van der Waals surface area (Å²) in [6, 6.07) is 10.4. The van der Waals surface area contributed by atoms with Crippen molar-refractivity contribution in [3.63, 3.8) is 0 Å². The van der Waals surface area contributed by atoms with Crippen molar-refractivity contribution in [2.24, 2.45) is 0 Å². The van der Waals surface area contributed by atoms with E-state index in [9.17, 15) is 4.79 Å². The predicted octanol–water partition coefficient (Wildman–Crippen LogP) is 3.42. The Labute approximate surface area is 113 Å². The van der Waals surface area contributed by atoms with E-state index in [0.29, 0.717) is 21.7 Å². The van der Waals surface area contributed by atoms with Gasteiger partial charge in [0.2, 0.25) is 5.88 Å². The molecule has 0 aliphatic heterocycles. The lowest BCUT2D eigenvalue weighted by Gasteiger charge is -2.07. The monoisotopic (exact) mass is 307 g/mol. The highest BCUT2D eigenvalue weighted by Crippen LogP contribution is 2.26. The summed E-state index contributed by atoms with van der Waals surface area (Å²) in [5.41, 5.74) is 0.450. The molecule has 0 bridgehead atoms. The first-order chi connectivity index (χ1) is 8.70. The Kier molecular flexibility index (Phi) is 3.94. The van der Waals surface area contributed by atoms with E-state index < -0.39 is 5.97 Å². The zero-order valence-corrected chi connectivity index (χ0v) is 11.2. The van der Waals surface area contributed by atoms with Crippen molar-refractivity contribution in [3.8, 4) is 11.6 Å². The van der Waals surface area contributed by atoms with Gasteiger partial charge in [0.05, 0.1) is 12.7 Å². The maximum atomic E-state index is 11.4. The lowest BCUT2D eigenvalue weighted by molar-refractivity contribution is 0.0599. The molecule has 0 aliphatic carbocycles. The maximum absolute atomic E-state index is 11.4. The molecule has 1 heterocycles. The highest BCUT2D eigenvalue weighted by molar-refractivity contribution is 9.10. The van der Waals surface area contributed by atoms with Gasteiger partial charge >= 0.3 is 5.97 Å². The van der Waals surface area contributed by atoms with Crippen LogP contribution in [0.3, 0.4) is 0 Å². The standard InChI is InChI=1S/C13H10BrNO3/c1-17-13(16)10-6-5-9(8-11(10)14)18-12-4-2-3-7-15-12/h2-8H,1H3. The molecule has 0 unspecified atom stereocenters. The van der Waals surface area contributed by atoms with Crippen LogP contribution < -0.4 is 4.74 Å². The second-order valence-electron chi connectivity index (χ2n) is 3.40. The Morgan fingerprint density at radius 1 is 1.28 bits per heavy atom. The molecular weight excluding hydrogens is 298 g/mol. The number of carbonyl (C=O) groups excluding carboxylic acids is 1. The Balaban J connectivity index is 2.22. The maximum Gasteiger partial charge on any atom is 0.339 e. The summed E-state index contributed by atoms with van der Waals surface area (Å²) in [6.07, 6.45) is 1.65. The van der Waals surface area contributed by atoms with Gasteiger partial charge in [0.15, 0.2) is 0 Å². The van der Waals surface area contributed by atoms with Crippen molar-refractivity contribution in [3.05, 3.63) is 52.6 Å². The number of benzene rings is 1. The van der Waals surface area contributed by atoms with Crippen molar-refractivity contribution in [1.29, 1.82) is 0 Å². The summed E-state index contributed by atoms with van der Waals surface area (Å²) in [7, 11) is 1.34. The number of carbonyl (C=O) groups is 1. The second kappa shape index (κ2) is 5.64. The topological polar surface area (TPSA) is 48.4 Å². The zero-order valence-electron chi connectivity index (χ0n) is 9.59. The highest BCUT2D eigenvalue weighted by atomic mass is 79.9. The van der Waals surface area contributed by atoms with E-state index in [-0.39, 0.29) is 0 Å². The minimum atomic E-state index is -0.397. The van der Waals surface area contributed by atoms with E-state index in [1.165, 1.54) is 7.11 Å². The summed E-state index contributed by atoms with van der Waals surface area (Å²) < 4.78 is 10.8. The van der Waals surface area contributed by atoms with Gasteiger partial charge in [-0.05, 0) is 40.2 Å². The van der Waals surface area contributed by atoms with E-state index in [1.54, 1.807) is 30.5 Å². The van der Waals surface area contributed by atoms with E-state index >= 15 is 0 Å². The number of esters is 1. The third-order valence-electron chi connectivity index (χ3n) is 2.21. The predicted molar refractivity (Wildman–Crippen MR) is 69.8 cm³/mol. The Hall–Kier alpha value is -1.88. The SMILES string of the molecule is COC(=O)c1ccc(Oc2ccccn2)cc1Br. The van der Waals surface area contributed by atoms with Gasteiger partial charge in [0.25, 0.3) is 0 Å². The van der Waals surface area contributed by atoms with Gasteiger partial charge in [-0.15, -0.1) is 0 Å². The van der Waals surface area contributed by atoms with Gasteiger partial charge in [0.1, 0.15) is 5.75 Å². The van der Waals surface area contributed by atoms with Gasteiger partial charge < -0.3 is 9.47 Å². The van der Waals surface area contributed by atoms with Gasteiger partial charge in [-0.2, -0.15) is 0 Å². The summed E-state index contributed by atoms with van der Waals surface area (Å²) >= 11 is 3.30. The first-order valence-electron chi connectivity index (χ1n) is 5.17. The molecule has 0 spiro atoms. The number of aromatic nitrogens is 1. The van der Waals surface area contributed by atoms with Crippen LogP contribution in [0.2, 0.25) is 0 Å². The van der Waals surface area contributed by atoms with Gasteiger partial charge in [-0.1, -0.05) is 6.07 Å². The lowest BCUT2D eigenvalue weighted by Crippen LogP contribution is -2.02. The van der Waals surface area contributed by atoms with Crippen molar-refractivity contribution in [1.82, 2.24) is 4.98 Å². The molecule has 5 heteroatoms. The van der Waals surface area contributed by atoms with Crippen LogP contribution in [0.1, 0.15) is 10.4 Å². The lowest BCUT2D eigenvalue weighted by atomic mass is 10.2. The fraction of sp³-hybridized carbons (Fsp3) is 0.0769. The number of halogens is 1.